The summed E-state index contributed by atoms with van der Waals surface area (Å²) in [6, 6.07) is 17.1. The number of pyridine rings is 1. The van der Waals surface area contributed by atoms with Gasteiger partial charge in [-0.25, -0.2) is 4.98 Å². The number of hydrogen-bond acceptors (Lipinski definition) is 6. The van der Waals surface area contributed by atoms with Crippen LogP contribution in [0.25, 0.3) is 10.2 Å². The first kappa shape index (κ1) is 20.7. The van der Waals surface area contributed by atoms with Crippen LogP contribution in [-0.4, -0.2) is 28.7 Å². The minimum absolute atomic E-state index is 0.0252. The zero-order chi connectivity index (χ0) is 20.9. The van der Waals surface area contributed by atoms with Crippen LogP contribution in [0.15, 0.2) is 71.9 Å². The molecular formula is C22H18ClN3O2S2. The van der Waals surface area contributed by atoms with Crippen molar-refractivity contribution >= 4 is 56.0 Å². The molecule has 30 heavy (non-hydrogen) atoms. The van der Waals surface area contributed by atoms with Crippen molar-refractivity contribution in [3.05, 3.63) is 77.6 Å². The van der Waals surface area contributed by atoms with Crippen LogP contribution in [0, 0.1) is 0 Å². The monoisotopic (exact) mass is 455 g/mol. The number of aromatic nitrogens is 2. The fraction of sp³-hybridized carbons (Fsp3) is 0.136. The maximum absolute atomic E-state index is 13.2. The number of halogens is 1. The lowest BCUT2D eigenvalue weighted by molar-refractivity contribution is -0.116. The summed E-state index contributed by atoms with van der Waals surface area (Å²) in [5, 5.41) is 1.22. The van der Waals surface area contributed by atoms with Crippen LogP contribution in [0.5, 0.6) is 5.75 Å². The number of hydrogen-bond donors (Lipinski definition) is 0. The van der Waals surface area contributed by atoms with Gasteiger partial charge in [-0.1, -0.05) is 29.0 Å². The molecule has 0 spiro atoms. The second-order valence-electron chi connectivity index (χ2n) is 6.38. The molecule has 0 aliphatic carbocycles. The largest absolute Gasteiger partial charge is 0.497 e. The van der Waals surface area contributed by atoms with Gasteiger partial charge in [0.2, 0.25) is 5.91 Å². The Labute approximate surface area is 187 Å². The highest BCUT2D eigenvalue weighted by Crippen LogP contribution is 2.34. The second kappa shape index (κ2) is 9.47. The van der Waals surface area contributed by atoms with Crippen molar-refractivity contribution in [2.24, 2.45) is 0 Å². The number of methoxy groups -OCH3 is 1. The molecule has 0 fully saturated rings. The Kier molecular flexibility index (Phi) is 6.52. The number of benzene rings is 2. The van der Waals surface area contributed by atoms with E-state index < -0.39 is 0 Å². The Morgan fingerprint density at radius 2 is 1.90 bits per heavy atom. The molecule has 4 rings (SSSR count). The van der Waals surface area contributed by atoms with Crippen molar-refractivity contribution in [2.45, 2.75) is 11.4 Å². The van der Waals surface area contributed by atoms with E-state index in [1.165, 1.54) is 23.1 Å². The van der Waals surface area contributed by atoms with Crippen LogP contribution in [0.2, 0.25) is 5.02 Å². The van der Waals surface area contributed by atoms with Gasteiger partial charge in [0.1, 0.15) is 11.3 Å². The zero-order valence-corrected chi connectivity index (χ0v) is 18.5. The van der Waals surface area contributed by atoms with Crippen molar-refractivity contribution in [2.75, 3.05) is 17.8 Å². The molecule has 4 aromatic rings. The molecule has 152 valence electrons. The highest BCUT2D eigenvalue weighted by Gasteiger charge is 2.21. The maximum Gasteiger partial charge on any atom is 0.239 e. The molecule has 2 heterocycles. The molecule has 0 saturated carbocycles. The average Bonchev–Trinajstić information content (AvgIpc) is 3.22. The number of thiazole rings is 1. The van der Waals surface area contributed by atoms with E-state index in [-0.39, 0.29) is 5.91 Å². The first-order valence-electron chi connectivity index (χ1n) is 9.15. The van der Waals surface area contributed by atoms with Gasteiger partial charge in [-0.3, -0.25) is 14.7 Å². The summed E-state index contributed by atoms with van der Waals surface area (Å²) in [5.41, 5.74) is 1.70. The fourth-order valence-corrected chi connectivity index (χ4v) is 4.90. The summed E-state index contributed by atoms with van der Waals surface area (Å²) in [6.45, 7) is 0.419. The highest BCUT2D eigenvalue weighted by molar-refractivity contribution is 8.00. The Balaban J connectivity index is 1.58. The van der Waals surface area contributed by atoms with Crippen molar-refractivity contribution in [3.8, 4) is 5.75 Å². The maximum atomic E-state index is 13.2. The van der Waals surface area contributed by atoms with E-state index in [0.29, 0.717) is 22.5 Å². The highest BCUT2D eigenvalue weighted by atomic mass is 35.5. The normalized spacial score (nSPS) is 10.9. The lowest BCUT2D eigenvalue weighted by Crippen LogP contribution is -2.31. The molecule has 0 radical (unpaired) electrons. The van der Waals surface area contributed by atoms with E-state index in [0.717, 1.165) is 26.4 Å². The Bertz CT molecular complexity index is 1150. The first-order valence-corrected chi connectivity index (χ1v) is 11.3. The number of nitrogens with zero attached hydrogens (tertiary/aromatic N) is 3. The van der Waals surface area contributed by atoms with Gasteiger partial charge in [0.05, 0.1) is 29.1 Å². The third-order valence-electron chi connectivity index (χ3n) is 4.40. The van der Waals surface area contributed by atoms with Gasteiger partial charge in [0.15, 0.2) is 5.13 Å². The topological polar surface area (TPSA) is 55.3 Å². The van der Waals surface area contributed by atoms with Crippen LogP contribution in [0.4, 0.5) is 5.13 Å². The summed E-state index contributed by atoms with van der Waals surface area (Å²) >= 11 is 9.24. The van der Waals surface area contributed by atoms with Crippen molar-refractivity contribution < 1.29 is 9.53 Å². The van der Waals surface area contributed by atoms with Crippen molar-refractivity contribution in [1.29, 1.82) is 0 Å². The second-order valence-corrected chi connectivity index (χ2v) is 8.85. The third-order valence-corrected chi connectivity index (χ3v) is 6.75. The third kappa shape index (κ3) is 4.75. The predicted octanol–water partition coefficient (Wildman–Crippen LogP) is 5.68. The number of carbonyl (C=O) groups is 1. The van der Waals surface area contributed by atoms with E-state index in [9.17, 15) is 4.79 Å². The molecule has 0 N–H and O–H groups in total. The molecule has 2 aromatic carbocycles. The van der Waals surface area contributed by atoms with E-state index in [2.05, 4.69) is 9.97 Å². The van der Waals surface area contributed by atoms with E-state index in [1.807, 2.05) is 54.6 Å². The van der Waals surface area contributed by atoms with Crippen molar-refractivity contribution in [1.82, 2.24) is 9.97 Å². The quantitative estimate of drug-likeness (QED) is 0.335. The van der Waals surface area contributed by atoms with Gasteiger partial charge < -0.3 is 4.74 Å². The lowest BCUT2D eigenvalue weighted by atomic mass is 10.2. The molecule has 1 amide bonds. The van der Waals surface area contributed by atoms with Gasteiger partial charge in [-0.05, 0) is 54.1 Å². The van der Waals surface area contributed by atoms with E-state index in [4.69, 9.17) is 16.3 Å². The van der Waals surface area contributed by atoms with Gasteiger partial charge in [0.25, 0.3) is 0 Å². The molecule has 0 atom stereocenters. The van der Waals surface area contributed by atoms with E-state index in [1.54, 1.807) is 24.4 Å². The van der Waals surface area contributed by atoms with Gasteiger partial charge in [0, 0.05) is 17.3 Å². The molecular weight excluding hydrogens is 438 g/mol. The van der Waals surface area contributed by atoms with Crippen LogP contribution < -0.4 is 9.64 Å². The standard InChI is InChI=1S/C22H18ClN3O2S2/c1-28-16-5-7-17(8-6-16)29-14-20(27)26(13-15-9-11-24-12-10-15)22-25-21-18(23)3-2-4-19(21)30-22/h2-12H,13-14H2,1H3. The molecule has 2 aromatic heterocycles. The van der Waals surface area contributed by atoms with Gasteiger partial charge in [-0.15, -0.1) is 11.8 Å². The number of thioether (sulfide) groups is 1. The minimum atomic E-state index is -0.0252. The van der Waals surface area contributed by atoms with Gasteiger partial charge in [-0.2, -0.15) is 0 Å². The number of fused-ring (bicyclic) bond motifs is 1. The summed E-state index contributed by atoms with van der Waals surface area (Å²) < 4.78 is 6.14. The van der Waals surface area contributed by atoms with Crippen molar-refractivity contribution in [3.63, 3.8) is 0 Å². The molecule has 0 aliphatic heterocycles. The molecule has 0 aliphatic rings. The number of para-hydroxylation sites is 1. The predicted molar refractivity (Wildman–Crippen MR) is 124 cm³/mol. The number of carbonyl (C=O) groups excluding carboxylic acids is 1. The van der Waals surface area contributed by atoms with Crippen LogP contribution >= 0.6 is 34.7 Å². The summed E-state index contributed by atoms with van der Waals surface area (Å²) in [7, 11) is 1.63. The molecule has 0 saturated heterocycles. The molecule has 5 nitrogen and oxygen atoms in total. The molecule has 0 unspecified atom stereocenters. The van der Waals surface area contributed by atoms with E-state index >= 15 is 0 Å². The molecule has 0 bridgehead atoms. The number of amides is 1. The summed E-state index contributed by atoms with van der Waals surface area (Å²) in [5.74, 6) is 1.06. The first-order chi connectivity index (χ1) is 14.6. The average molecular weight is 456 g/mol. The number of ether oxygens (including phenoxy) is 1. The van der Waals surface area contributed by atoms with Crippen LogP contribution in [0.1, 0.15) is 5.56 Å². The summed E-state index contributed by atoms with van der Waals surface area (Å²) in [6.07, 6.45) is 3.44. The smallest absolute Gasteiger partial charge is 0.239 e. The fourth-order valence-electron chi connectivity index (χ4n) is 2.85. The Hall–Kier alpha value is -2.61. The molecule has 8 heteroatoms. The SMILES string of the molecule is COc1ccc(SCC(=O)N(Cc2ccncc2)c2nc3c(Cl)cccc3s2)cc1. The number of anilines is 1. The number of rotatable bonds is 7. The Morgan fingerprint density at radius 1 is 1.13 bits per heavy atom. The summed E-state index contributed by atoms with van der Waals surface area (Å²) in [4.78, 5) is 24.6. The Morgan fingerprint density at radius 3 is 2.60 bits per heavy atom. The van der Waals surface area contributed by atoms with Crippen LogP contribution in [0.3, 0.4) is 0 Å². The van der Waals surface area contributed by atoms with Gasteiger partial charge >= 0.3 is 0 Å². The zero-order valence-electron chi connectivity index (χ0n) is 16.1. The lowest BCUT2D eigenvalue weighted by Gasteiger charge is -2.20. The minimum Gasteiger partial charge on any atom is -0.497 e. The van der Waals surface area contributed by atoms with Crippen LogP contribution in [-0.2, 0) is 11.3 Å².